The van der Waals surface area contributed by atoms with E-state index in [2.05, 4.69) is 29.6 Å². The van der Waals surface area contributed by atoms with Crippen LogP contribution >= 0.6 is 11.5 Å². The highest BCUT2D eigenvalue weighted by atomic mass is 32.1. The summed E-state index contributed by atoms with van der Waals surface area (Å²) in [5.41, 5.74) is 1.41. The molecule has 0 bridgehead atoms. The molecule has 2 heterocycles. The van der Waals surface area contributed by atoms with Crippen molar-refractivity contribution in [3.8, 4) is 0 Å². The average Bonchev–Trinajstić information content (AvgIpc) is 2.73. The molecule has 0 radical (unpaired) electrons. The summed E-state index contributed by atoms with van der Waals surface area (Å²) in [7, 11) is 0. The van der Waals surface area contributed by atoms with E-state index in [9.17, 15) is 0 Å². The zero-order valence-electron chi connectivity index (χ0n) is 8.26. The minimum atomic E-state index is 0.256. The normalized spacial score (nSPS) is 28.2. The maximum Gasteiger partial charge on any atom is 0.0542 e. The lowest BCUT2D eigenvalue weighted by Gasteiger charge is -2.26. The largest absolute Gasteiger partial charge is 0.307 e. The first kappa shape index (κ1) is 9.16. The molecule has 1 saturated heterocycles. The summed E-state index contributed by atoms with van der Waals surface area (Å²) >= 11 is 1.66. The Morgan fingerprint density at radius 2 is 2.54 bits per heavy atom. The molecule has 2 nitrogen and oxygen atoms in total. The zero-order chi connectivity index (χ0) is 9.31. The van der Waals surface area contributed by atoms with Crippen molar-refractivity contribution in [2.75, 3.05) is 6.54 Å². The Labute approximate surface area is 83.5 Å². The number of aryl methyl sites for hydroxylation is 1. The van der Waals surface area contributed by atoms with Crippen molar-refractivity contribution in [3.63, 3.8) is 0 Å². The second-order valence-corrected chi connectivity index (χ2v) is 4.60. The van der Waals surface area contributed by atoms with Gasteiger partial charge in [-0.05, 0) is 50.3 Å². The molecule has 3 heteroatoms. The summed E-state index contributed by atoms with van der Waals surface area (Å²) in [6.45, 7) is 5.48. The van der Waals surface area contributed by atoms with E-state index in [1.165, 1.54) is 24.1 Å². The predicted molar refractivity (Wildman–Crippen MR) is 56.1 cm³/mol. The lowest BCUT2D eigenvalue weighted by atomic mass is 9.92. The van der Waals surface area contributed by atoms with Gasteiger partial charge in [0.2, 0.25) is 0 Å². The van der Waals surface area contributed by atoms with Crippen LogP contribution in [0.5, 0.6) is 0 Å². The molecule has 1 aromatic rings. The SMILES string of the molecule is CCC1(c2cc(C)ns2)CCCN1. The maximum atomic E-state index is 4.36. The third-order valence-corrected chi connectivity index (χ3v) is 4.03. The van der Waals surface area contributed by atoms with E-state index >= 15 is 0 Å². The molecule has 2 rings (SSSR count). The van der Waals surface area contributed by atoms with Gasteiger partial charge >= 0.3 is 0 Å². The Kier molecular flexibility index (Phi) is 2.39. The van der Waals surface area contributed by atoms with E-state index in [0.717, 1.165) is 12.2 Å². The van der Waals surface area contributed by atoms with Crippen molar-refractivity contribution < 1.29 is 0 Å². The Morgan fingerprint density at radius 3 is 3.00 bits per heavy atom. The molecule has 1 aliphatic rings. The molecule has 0 aliphatic carbocycles. The summed E-state index contributed by atoms with van der Waals surface area (Å²) in [4.78, 5) is 1.42. The van der Waals surface area contributed by atoms with Gasteiger partial charge in [0.15, 0.2) is 0 Å². The highest BCUT2D eigenvalue weighted by Gasteiger charge is 2.34. The van der Waals surface area contributed by atoms with Crippen LogP contribution in [-0.2, 0) is 5.54 Å². The minimum Gasteiger partial charge on any atom is -0.307 e. The first-order valence-corrected chi connectivity index (χ1v) is 5.73. The molecule has 0 aromatic carbocycles. The lowest BCUT2D eigenvalue weighted by Crippen LogP contribution is -2.34. The highest BCUT2D eigenvalue weighted by molar-refractivity contribution is 7.06. The van der Waals surface area contributed by atoms with Crippen molar-refractivity contribution in [1.82, 2.24) is 9.69 Å². The molecule has 72 valence electrons. The van der Waals surface area contributed by atoms with Crippen LogP contribution in [0.15, 0.2) is 6.07 Å². The Hall–Kier alpha value is -0.410. The fourth-order valence-corrected chi connectivity index (χ4v) is 3.09. The second kappa shape index (κ2) is 3.39. The number of nitrogens with zero attached hydrogens (tertiary/aromatic N) is 1. The van der Waals surface area contributed by atoms with Gasteiger partial charge in [0.1, 0.15) is 0 Å². The summed E-state index contributed by atoms with van der Waals surface area (Å²) in [6.07, 6.45) is 3.74. The lowest BCUT2D eigenvalue weighted by molar-refractivity contribution is 0.384. The summed E-state index contributed by atoms with van der Waals surface area (Å²) in [5.74, 6) is 0. The maximum absolute atomic E-state index is 4.36. The van der Waals surface area contributed by atoms with Gasteiger partial charge in [-0.2, -0.15) is 4.37 Å². The topological polar surface area (TPSA) is 24.9 Å². The van der Waals surface area contributed by atoms with Crippen LogP contribution in [0.2, 0.25) is 0 Å². The van der Waals surface area contributed by atoms with Gasteiger partial charge in [-0.3, -0.25) is 0 Å². The van der Waals surface area contributed by atoms with Crippen molar-refractivity contribution in [1.29, 1.82) is 0 Å². The molecule has 1 aliphatic heterocycles. The Morgan fingerprint density at radius 1 is 1.69 bits per heavy atom. The van der Waals surface area contributed by atoms with Crippen molar-refractivity contribution in [2.45, 2.75) is 38.6 Å². The van der Waals surface area contributed by atoms with E-state index in [1.54, 1.807) is 11.5 Å². The van der Waals surface area contributed by atoms with Crippen LogP contribution in [0, 0.1) is 6.92 Å². The Balaban J connectivity index is 2.30. The zero-order valence-corrected chi connectivity index (χ0v) is 9.08. The van der Waals surface area contributed by atoms with Crippen LogP contribution < -0.4 is 5.32 Å². The van der Waals surface area contributed by atoms with Gasteiger partial charge in [0, 0.05) is 4.88 Å². The summed E-state index contributed by atoms with van der Waals surface area (Å²) in [5, 5.41) is 3.62. The summed E-state index contributed by atoms with van der Waals surface area (Å²) in [6, 6.07) is 2.23. The number of hydrogen-bond acceptors (Lipinski definition) is 3. The molecular formula is C10H16N2S. The van der Waals surface area contributed by atoms with Crippen molar-refractivity contribution >= 4 is 11.5 Å². The molecule has 1 N–H and O–H groups in total. The smallest absolute Gasteiger partial charge is 0.0542 e. The first-order valence-electron chi connectivity index (χ1n) is 4.96. The van der Waals surface area contributed by atoms with Gasteiger partial charge < -0.3 is 5.32 Å². The summed E-state index contributed by atoms with van der Waals surface area (Å²) < 4.78 is 4.36. The minimum absolute atomic E-state index is 0.256. The van der Waals surface area contributed by atoms with Crippen LogP contribution in [-0.4, -0.2) is 10.9 Å². The van der Waals surface area contributed by atoms with E-state index < -0.39 is 0 Å². The van der Waals surface area contributed by atoms with E-state index in [1.807, 2.05) is 0 Å². The average molecular weight is 196 g/mol. The molecule has 0 spiro atoms. The van der Waals surface area contributed by atoms with Gasteiger partial charge in [-0.25, -0.2) is 0 Å². The van der Waals surface area contributed by atoms with E-state index in [0.29, 0.717) is 0 Å². The molecule has 0 amide bonds. The van der Waals surface area contributed by atoms with Crippen LogP contribution in [0.1, 0.15) is 36.8 Å². The van der Waals surface area contributed by atoms with E-state index in [4.69, 9.17) is 0 Å². The predicted octanol–water partition coefficient (Wildman–Crippen LogP) is 2.44. The van der Waals surface area contributed by atoms with Gasteiger partial charge in [0.25, 0.3) is 0 Å². The molecule has 1 unspecified atom stereocenters. The molecule has 1 fully saturated rings. The molecule has 1 atom stereocenters. The second-order valence-electron chi connectivity index (χ2n) is 3.80. The quantitative estimate of drug-likeness (QED) is 0.786. The third kappa shape index (κ3) is 1.51. The van der Waals surface area contributed by atoms with Crippen molar-refractivity contribution in [2.24, 2.45) is 0 Å². The molecule has 0 saturated carbocycles. The first-order chi connectivity index (χ1) is 6.27. The van der Waals surface area contributed by atoms with Crippen molar-refractivity contribution in [3.05, 3.63) is 16.6 Å². The third-order valence-electron chi connectivity index (χ3n) is 2.95. The van der Waals surface area contributed by atoms with Gasteiger partial charge in [-0.15, -0.1) is 0 Å². The highest BCUT2D eigenvalue weighted by Crippen LogP contribution is 2.36. The standard InChI is InChI=1S/C10H16N2S/c1-3-10(5-4-6-11-10)9-7-8(2)12-13-9/h7,11H,3-6H2,1-2H3. The fraction of sp³-hybridized carbons (Fsp3) is 0.700. The van der Waals surface area contributed by atoms with Crippen LogP contribution in [0.3, 0.4) is 0 Å². The molecule has 13 heavy (non-hydrogen) atoms. The number of hydrogen-bond donors (Lipinski definition) is 1. The van der Waals surface area contributed by atoms with Gasteiger partial charge in [0.05, 0.1) is 11.2 Å². The number of aromatic nitrogens is 1. The van der Waals surface area contributed by atoms with Crippen LogP contribution in [0.25, 0.3) is 0 Å². The fourth-order valence-electron chi connectivity index (χ4n) is 2.08. The number of rotatable bonds is 2. The van der Waals surface area contributed by atoms with Gasteiger partial charge in [-0.1, -0.05) is 6.92 Å². The Bertz CT molecular complexity index is 287. The molecular weight excluding hydrogens is 180 g/mol. The molecule has 1 aromatic heterocycles. The van der Waals surface area contributed by atoms with Crippen LogP contribution in [0.4, 0.5) is 0 Å². The monoisotopic (exact) mass is 196 g/mol. The van der Waals surface area contributed by atoms with E-state index in [-0.39, 0.29) is 5.54 Å². The number of nitrogens with one attached hydrogen (secondary N) is 1.